The van der Waals surface area contributed by atoms with Crippen molar-refractivity contribution in [3.63, 3.8) is 0 Å². The number of aryl methyl sites for hydroxylation is 1. The smallest absolute Gasteiger partial charge is 0.292 e. The second-order valence-corrected chi connectivity index (χ2v) is 7.68. The summed E-state index contributed by atoms with van der Waals surface area (Å²) in [5.41, 5.74) is 5.38. The van der Waals surface area contributed by atoms with E-state index in [1.165, 1.54) is 0 Å². The molecule has 0 saturated heterocycles. The van der Waals surface area contributed by atoms with Gasteiger partial charge in [0.25, 0.3) is 0 Å². The Balaban J connectivity index is 1.50. The number of rotatable bonds is 5. The largest absolute Gasteiger partial charge is 0.361 e. The van der Waals surface area contributed by atoms with E-state index in [0.717, 1.165) is 27.4 Å². The number of hydrogen-bond donors (Lipinski definition) is 1. The molecule has 0 aliphatic heterocycles. The third kappa shape index (κ3) is 4.20. The van der Waals surface area contributed by atoms with Crippen LogP contribution in [0.2, 0.25) is 10.0 Å². The first kappa shape index (κ1) is 19.6. The number of quaternary nitrogens is 1. The van der Waals surface area contributed by atoms with Crippen molar-refractivity contribution in [2.75, 3.05) is 0 Å². The predicted octanol–water partition coefficient (Wildman–Crippen LogP) is 4.77. The first-order valence-corrected chi connectivity index (χ1v) is 10.2. The Hall–Kier alpha value is -2.66. The van der Waals surface area contributed by atoms with Crippen molar-refractivity contribution in [2.24, 2.45) is 0 Å². The summed E-state index contributed by atoms with van der Waals surface area (Å²) in [5, 5.41) is 3.04. The molecule has 0 unspecified atom stereocenters. The molecule has 4 nitrogen and oxygen atoms in total. The quantitative estimate of drug-likeness (QED) is 0.501. The number of carbonyl (C=O) groups is 1. The highest BCUT2D eigenvalue weighted by Gasteiger charge is 2.21. The molecule has 2 aromatic heterocycles. The van der Waals surface area contributed by atoms with Crippen molar-refractivity contribution >= 4 is 34.8 Å². The summed E-state index contributed by atoms with van der Waals surface area (Å²) in [6, 6.07) is 19.5. The van der Waals surface area contributed by atoms with Crippen molar-refractivity contribution < 1.29 is 10.1 Å². The van der Waals surface area contributed by atoms with Gasteiger partial charge in [-0.15, -0.1) is 0 Å². The van der Waals surface area contributed by atoms with Crippen molar-refractivity contribution in [3.05, 3.63) is 93.9 Å². The average Bonchev–Trinajstić information content (AvgIpc) is 3.10. The van der Waals surface area contributed by atoms with Crippen LogP contribution in [0.25, 0.3) is 16.8 Å². The Kier molecular flexibility index (Phi) is 5.67. The minimum absolute atomic E-state index is 0.0292. The van der Waals surface area contributed by atoms with Crippen LogP contribution in [-0.2, 0) is 13.0 Å². The normalized spacial score (nSPS) is 11.1. The Morgan fingerprint density at radius 3 is 2.28 bits per heavy atom. The Morgan fingerprint density at radius 1 is 0.966 bits per heavy atom. The number of aromatic nitrogens is 2. The molecule has 29 heavy (non-hydrogen) atoms. The van der Waals surface area contributed by atoms with Crippen LogP contribution in [0.5, 0.6) is 0 Å². The van der Waals surface area contributed by atoms with Gasteiger partial charge in [-0.1, -0.05) is 66.5 Å². The first-order chi connectivity index (χ1) is 14.0. The van der Waals surface area contributed by atoms with E-state index in [9.17, 15) is 4.79 Å². The number of nitrogens with two attached hydrogens (primary N) is 1. The lowest BCUT2D eigenvalue weighted by atomic mass is 10.0. The van der Waals surface area contributed by atoms with Crippen LogP contribution in [0, 0.1) is 0 Å². The lowest BCUT2D eigenvalue weighted by Crippen LogP contribution is -2.86. The number of amides is 1. The zero-order valence-electron chi connectivity index (χ0n) is 15.9. The fourth-order valence-electron chi connectivity index (χ4n) is 3.36. The molecular weight excluding hydrogens is 405 g/mol. The molecule has 2 N–H and O–H groups in total. The lowest BCUT2D eigenvalue weighted by Gasteiger charge is -2.05. The Labute approximate surface area is 179 Å². The zero-order valence-corrected chi connectivity index (χ0v) is 17.4. The molecule has 0 saturated carbocycles. The van der Waals surface area contributed by atoms with Gasteiger partial charge in [-0.25, -0.2) is 9.78 Å². The highest BCUT2D eigenvalue weighted by Crippen LogP contribution is 2.22. The minimum Gasteiger partial charge on any atom is -0.292 e. The molecule has 1 amide bonds. The number of fused-ring (bicyclic) bond motifs is 1. The molecule has 0 radical (unpaired) electrons. The number of pyridine rings is 1. The second-order valence-electron chi connectivity index (χ2n) is 6.81. The van der Waals surface area contributed by atoms with Crippen molar-refractivity contribution in [1.29, 1.82) is 0 Å². The van der Waals surface area contributed by atoms with Gasteiger partial charge in [0.2, 0.25) is 0 Å². The fourth-order valence-corrected chi connectivity index (χ4v) is 3.64. The van der Waals surface area contributed by atoms with Gasteiger partial charge in [0, 0.05) is 27.9 Å². The maximum Gasteiger partial charge on any atom is 0.361 e. The number of halogens is 2. The lowest BCUT2D eigenvalue weighted by molar-refractivity contribution is -0.572. The minimum atomic E-state index is -0.0292. The van der Waals surface area contributed by atoms with E-state index < -0.39 is 0 Å². The van der Waals surface area contributed by atoms with Crippen LogP contribution in [0.15, 0.2) is 66.9 Å². The highest BCUT2D eigenvalue weighted by molar-refractivity contribution is 6.31. The average molecular weight is 425 g/mol. The molecule has 0 bridgehead atoms. The van der Waals surface area contributed by atoms with Gasteiger partial charge in [0.15, 0.2) is 5.69 Å². The SMILES string of the molecule is CCc1nc2cc(Cl)ccn2c1C(=O)[NH2+]Cc1ccc(-c2ccc(Cl)cc2)cc1. The van der Waals surface area contributed by atoms with E-state index in [-0.39, 0.29) is 5.91 Å². The monoisotopic (exact) mass is 424 g/mol. The summed E-state index contributed by atoms with van der Waals surface area (Å²) in [7, 11) is 0. The van der Waals surface area contributed by atoms with Crippen LogP contribution >= 0.6 is 23.2 Å². The van der Waals surface area contributed by atoms with Crippen LogP contribution in [0.1, 0.15) is 28.7 Å². The van der Waals surface area contributed by atoms with E-state index in [0.29, 0.717) is 29.3 Å². The third-order valence-corrected chi connectivity index (χ3v) is 5.37. The molecule has 6 heteroatoms. The molecule has 0 aliphatic rings. The first-order valence-electron chi connectivity index (χ1n) is 9.44. The van der Waals surface area contributed by atoms with Crippen molar-refractivity contribution in [3.8, 4) is 11.1 Å². The highest BCUT2D eigenvalue weighted by atomic mass is 35.5. The summed E-state index contributed by atoms with van der Waals surface area (Å²) in [6.07, 6.45) is 2.48. The van der Waals surface area contributed by atoms with Crippen LogP contribution in [-0.4, -0.2) is 15.3 Å². The summed E-state index contributed by atoms with van der Waals surface area (Å²) in [4.78, 5) is 17.5. The van der Waals surface area contributed by atoms with Gasteiger partial charge in [0.05, 0.1) is 5.69 Å². The fraction of sp³-hybridized carbons (Fsp3) is 0.130. The number of benzene rings is 2. The van der Waals surface area contributed by atoms with Crippen LogP contribution in [0.3, 0.4) is 0 Å². The van der Waals surface area contributed by atoms with Gasteiger partial charge < -0.3 is 0 Å². The molecular formula is C23H20Cl2N3O+. The summed E-state index contributed by atoms with van der Waals surface area (Å²) in [6.45, 7) is 2.55. The van der Waals surface area contributed by atoms with E-state index in [1.54, 1.807) is 23.6 Å². The number of hydrogen-bond acceptors (Lipinski definition) is 2. The van der Waals surface area contributed by atoms with Crippen LogP contribution in [0.4, 0.5) is 0 Å². The molecule has 0 spiro atoms. The molecule has 4 rings (SSSR count). The van der Waals surface area contributed by atoms with Crippen molar-refractivity contribution in [1.82, 2.24) is 9.38 Å². The van der Waals surface area contributed by atoms with Gasteiger partial charge in [-0.3, -0.25) is 9.72 Å². The molecule has 0 fully saturated rings. The molecule has 146 valence electrons. The van der Waals surface area contributed by atoms with Gasteiger partial charge in [0.1, 0.15) is 12.2 Å². The predicted molar refractivity (Wildman–Crippen MR) is 116 cm³/mol. The number of nitrogens with zero attached hydrogens (tertiary/aromatic N) is 2. The molecule has 0 atom stereocenters. The van der Waals surface area contributed by atoms with E-state index in [2.05, 4.69) is 17.1 Å². The maximum atomic E-state index is 12.9. The molecule has 4 aromatic rings. The molecule has 2 heterocycles. The number of imidazole rings is 1. The van der Waals surface area contributed by atoms with Crippen LogP contribution < -0.4 is 5.32 Å². The standard InChI is InChI=1S/C23H19Cl2N3O/c1-2-20-22(28-12-11-19(25)13-21(28)27-20)23(29)26-14-15-3-5-16(6-4-15)17-7-9-18(24)10-8-17/h3-13H,2,14H2,1H3,(H,26,29)/p+1. The summed E-state index contributed by atoms with van der Waals surface area (Å²) < 4.78 is 1.81. The Bertz CT molecular complexity index is 1170. The van der Waals surface area contributed by atoms with Gasteiger partial charge in [-0.05, 0) is 35.7 Å². The van der Waals surface area contributed by atoms with E-state index in [1.807, 2.05) is 47.7 Å². The topological polar surface area (TPSA) is 51.0 Å². The zero-order chi connectivity index (χ0) is 20.4. The maximum absolute atomic E-state index is 12.9. The summed E-state index contributed by atoms with van der Waals surface area (Å²) >= 11 is 12.0. The van der Waals surface area contributed by atoms with Gasteiger partial charge >= 0.3 is 5.91 Å². The Morgan fingerprint density at radius 2 is 1.62 bits per heavy atom. The van der Waals surface area contributed by atoms with Gasteiger partial charge in [-0.2, -0.15) is 0 Å². The summed E-state index contributed by atoms with van der Waals surface area (Å²) in [5.74, 6) is -0.0292. The van der Waals surface area contributed by atoms with Crippen molar-refractivity contribution in [2.45, 2.75) is 19.9 Å². The molecule has 0 aliphatic carbocycles. The molecule has 2 aromatic carbocycles. The number of carbonyl (C=O) groups excluding carboxylic acids is 1. The van der Waals surface area contributed by atoms with E-state index >= 15 is 0 Å². The second kappa shape index (κ2) is 8.37. The van der Waals surface area contributed by atoms with E-state index in [4.69, 9.17) is 23.2 Å². The third-order valence-electron chi connectivity index (χ3n) is 4.88. The number of primary amides is 1.